The summed E-state index contributed by atoms with van der Waals surface area (Å²) in [4.78, 5) is 2.56. The Morgan fingerprint density at radius 3 is 2.51 bits per heavy atom. The van der Waals surface area contributed by atoms with E-state index in [0.717, 1.165) is 49.1 Å². The van der Waals surface area contributed by atoms with Crippen molar-refractivity contribution in [1.29, 1.82) is 0 Å². The first-order valence-electron chi connectivity index (χ1n) is 18.4. The zero-order chi connectivity index (χ0) is 34.7. The van der Waals surface area contributed by atoms with Gasteiger partial charge in [0.25, 0.3) is 0 Å². The van der Waals surface area contributed by atoms with Crippen LogP contribution in [-0.2, 0) is 0 Å². The number of allylic oxidation sites excluding steroid dienone is 7. The van der Waals surface area contributed by atoms with Gasteiger partial charge in [-0.15, -0.1) is 0 Å². The summed E-state index contributed by atoms with van der Waals surface area (Å²) in [5.74, 6) is 0.549. The largest absolute Gasteiger partial charge is 0.337 e. The predicted molar refractivity (Wildman–Crippen MR) is 213 cm³/mol. The average Bonchev–Trinajstić information content (AvgIpc) is 3.73. The first-order valence-corrected chi connectivity index (χ1v) is 19.2. The van der Waals surface area contributed by atoms with Crippen molar-refractivity contribution in [1.82, 2.24) is 14.2 Å². The van der Waals surface area contributed by atoms with Crippen molar-refractivity contribution in [2.24, 2.45) is 10.3 Å². The van der Waals surface area contributed by atoms with Gasteiger partial charge in [-0.1, -0.05) is 92.8 Å². The number of para-hydroxylation sites is 1. The molecule has 4 aliphatic carbocycles. The lowest BCUT2D eigenvalue weighted by Gasteiger charge is -2.44. The summed E-state index contributed by atoms with van der Waals surface area (Å²) in [6, 6.07) is 25.2. The van der Waals surface area contributed by atoms with E-state index in [1.165, 1.54) is 62.4 Å². The van der Waals surface area contributed by atoms with Gasteiger partial charge in [0.05, 0.1) is 34.6 Å². The molecule has 1 aromatic heterocycles. The van der Waals surface area contributed by atoms with E-state index in [1.807, 2.05) is 12.1 Å². The number of rotatable bonds is 6. The molecule has 2 heterocycles. The van der Waals surface area contributed by atoms with E-state index >= 15 is 0 Å². The summed E-state index contributed by atoms with van der Waals surface area (Å²) in [7, 11) is 0. The zero-order valence-corrected chi connectivity index (χ0v) is 30.3. The molecule has 256 valence electrons. The summed E-state index contributed by atoms with van der Waals surface area (Å²) < 4.78 is 25.0. The first kappa shape index (κ1) is 32.3. The highest BCUT2D eigenvalue weighted by Gasteiger charge is 2.46. The Hall–Kier alpha value is -4.65. The minimum Gasteiger partial charge on any atom is -0.337 e. The quantitative estimate of drug-likeness (QED) is 0.204. The van der Waals surface area contributed by atoms with Gasteiger partial charge in [-0.25, -0.2) is 13.5 Å². The maximum atomic E-state index is 13.7. The summed E-state index contributed by atoms with van der Waals surface area (Å²) in [6.45, 7) is 6.94. The van der Waals surface area contributed by atoms with Crippen LogP contribution in [0, 0.1) is 11.7 Å². The average molecular weight is 691 g/mol. The maximum Gasteiger partial charge on any atom is 0.123 e. The molecule has 0 spiro atoms. The lowest BCUT2D eigenvalue weighted by molar-refractivity contribution is 0.258. The molecule has 1 aliphatic heterocycles. The molecule has 0 bridgehead atoms. The molecule has 9 rings (SSSR count). The van der Waals surface area contributed by atoms with Crippen LogP contribution in [0.3, 0.4) is 0 Å². The van der Waals surface area contributed by atoms with Crippen LogP contribution >= 0.6 is 12.1 Å². The molecule has 0 radical (unpaired) electrons. The molecule has 0 amide bonds. The predicted octanol–water partition coefficient (Wildman–Crippen LogP) is 11.4. The summed E-state index contributed by atoms with van der Waals surface area (Å²) in [5.41, 5.74) is 13.1. The van der Waals surface area contributed by atoms with E-state index in [-0.39, 0.29) is 17.8 Å². The van der Waals surface area contributed by atoms with Gasteiger partial charge in [-0.2, -0.15) is 0 Å². The van der Waals surface area contributed by atoms with Gasteiger partial charge in [-0.05, 0) is 110 Å². The van der Waals surface area contributed by atoms with Gasteiger partial charge < -0.3 is 9.47 Å². The number of aromatic nitrogens is 1. The molecule has 4 atom stereocenters. The highest BCUT2D eigenvalue weighted by Crippen LogP contribution is 2.45. The highest BCUT2D eigenvalue weighted by molar-refractivity contribution is 7.96. The first-order chi connectivity index (χ1) is 24.9. The third-order valence-electron chi connectivity index (χ3n) is 11.5. The number of hydrogen-bond acceptors (Lipinski definition) is 4. The Morgan fingerprint density at radius 1 is 0.922 bits per heavy atom. The Labute approximate surface area is 304 Å². The van der Waals surface area contributed by atoms with Gasteiger partial charge in [0.15, 0.2) is 0 Å². The third kappa shape index (κ3) is 5.42. The summed E-state index contributed by atoms with van der Waals surface area (Å²) in [6.07, 6.45) is 23.7. The van der Waals surface area contributed by atoms with Gasteiger partial charge >= 0.3 is 0 Å². The fourth-order valence-electron chi connectivity index (χ4n) is 8.92. The van der Waals surface area contributed by atoms with Crippen molar-refractivity contribution in [2.45, 2.75) is 70.4 Å². The van der Waals surface area contributed by atoms with Gasteiger partial charge in [-0.3, -0.25) is 0 Å². The number of fused-ring (bicyclic) bond motifs is 4. The van der Waals surface area contributed by atoms with Crippen molar-refractivity contribution in [3.05, 3.63) is 155 Å². The number of nitrogens with zero attached hydrogens (tertiary/aromatic N) is 3. The fraction of sp³-hybridized carbons (Fsp3) is 0.267. The minimum atomic E-state index is -0.459. The van der Waals surface area contributed by atoms with E-state index in [2.05, 4.69) is 132 Å². The zero-order valence-electron chi connectivity index (χ0n) is 29.4. The van der Waals surface area contributed by atoms with Crippen LogP contribution in [0.4, 0.5) is 4.39 Å². The van der Waals surface area contributed by atoms with E-state index in [4.69, 9.17) is 4.40 Å². The second kappa shape index (κ2) is 12.8. The van der Waals surface area contributed by atoms with Gasteiger partial charge in [0.2, 0.25) is 0 Å². The standard InChI is InChI=1S/C45H43FN4S/c1-29-10-9-14-38-37-13-7-8-15-41(37)50(43(29)38)36-23-18-32(19-24-36)39-25-27-42(44-45(39,3)48-51-47-44)49(35-11-5-4-6-12-35)40-26-20-33(28-30(40)2)31-16-21-34(46)22-17-31/h5,7-9,11-19,21-25,27-30,40,48H,4,6,10,20,26H2,1-3H3. The van der Waals surface area contributed by atoms with Crippen LogP contribution < -0.4 is 4.72 Å². The molecule has 6 heteroatoms. The Morgan fingerprint density at radius 2 is 1.73 bits per heavy atom. The van der Waals surface area contributed by atoms with Gasteiger partial charge in [0.1, 0.15) is 5.82 Å². The molecule has 4 unspecified atom stereocenters. The smallest absolute Gasteiger partial charge is 0.123 e. The van der Waals surface area contributed by atoms with Crippen molar-refractivity contribution in [3.63, 3.8) is 0 Å². The normalized spacial score (nSPS) is 25.4. The van der Waals surface area contributed by atoms with Crippen LogP contribution in [0.2, 0.25) is 0 Å². The molecule has 51 heavy (non-hydrogen) atoms. The van der Waals surface area contributed by atoms with E-state index in [0.29, 0.717) is 5.92 Å². The highest BCUT2D eigenvalue weighted by atomic mass is 32.2. The SMILES string of the molecule is CC1CC=Cc2c1n(-c1ccc(C3=CC=C(N(C4=CCCC=C4)C4CCC(c5ccc(F)cc5)=CC4C)C4=NSNC34C)cc1)c1ccccc21. The Kier molecular flexibility index (Phi) is 8.12. The molecule has 5 aliphatic rings. The van der Waals surface area contributed by atoms with Crippen LogP contribution in [0.5, 0.6) is 0 Å². The second-order valence-corrected chi connectivity index (χ2v) is 15.3. The fourth-order valence-corrected chi connectivity index (χ4v) is 9.72. The van der Waals surface area contributed by atoms with Gasteiger partial charge in [0, 0.05) is 40.0 Å². The van der Waals surface area contributed by atoms with E-state index < -0.39 is 5.54 Å². The van der Waals surface area contributed by atoms with Crippen molar-refractivity contribution in [2.75, 3.05) is 0 Å². The van der Waals surface area contributed by atoms with Crippen LogP contribution in [-0.4, -0.2) is 26.8 Å². The van der Waals surface area contributed by atoms with Crippen molar-refractivity contribution < 1.29 is 4.39 Å². The van der Waals surface area contributed by atoms with Crippen molar-refractivity contribution in [3.8, 4) is 5.69 Å². The monoisotopic (exact) mass is 690 g/mol. The maximum absolute atomic E-state index is 13.7. The molecule has 4 nitrogen and oxygen atoms in total. The number of halogens is 1. The minimum absolute atomic E-state index is 0.192. The molecular weight excluding hydrogens is 648 g/mol. The lowest BCUT2D eigenvalue weighted by atomic mass is 9.77. The topological polar surface area (TPSA) is 32.6 Å². The number of benzene rings is 3. The Balaban J connectivity index is 1.09. The Bertz CT molecular complexity index is 2250. The second-order valence-electron chi connectivity index (χ2n) is 14.8. The molecule has 0 saturated heterocycles. The molecule has 0 saturated carbocycles. The van der Waals surface area contributed by atoms with E-state index in [9.17, 15) is 4.39 Å². The molecule has 1 N–H and O–H groups in total. The molecule has 3 aromatic carbocycles. The summed E-state index contributed by atoms with van der Waals surface area (Å²) in [5, 5.41) is 1.31. The lowest BCUT2D eigenvalue weighted by Crippen LogP contribution is -2.51. The van der Waals surface area contributed by atoms with Crippen LogP contribution in [0.1, 0.15) is 81.2 Å². The van der Waals surface area contributed by atoms with Crippen LogP contribution in [0.25, 0.3) is 33.8 Å². The number of nitrogens with one attached hydrogen (secondary N) is 1. The molecule has 4 aromatic rings. The number of hydrogen-bond donors (Lipinski definition) is 1. The molecular formula is C45H43FN4S. The molecule has 0 fully saturated rings. The van der Waals surface area contributed by atoms with E-state index in [1.54, 1.807) is 12.1 Å². The third-order valence-corrected chi connectivity index (χ3v) is 12.3. The summed E-state index contributed by atoms with van der Waals surface area (Å²) >= 11 is 1.45. The van der Waals surface area contributed by atoms with Crippen molar-refractivity contribution >= 4 is 46.0 Å². The van der Waals surface area contributed by atoms with Crippen LogP contribution in [0.15, 0.2) is 131 Å².